The third-order valence-corrected chi connectivity index (χ3v) is 6.66. The fourth-order valence-electron chi connectivity index (χ4n) is 3.29. The van der Waals surface area contributed by atoms with Gasteiger partial charge in [-0.3, -0.25) is 9.36 Å². The van der Waals surface area contributed by atoms with Crippen LogP contribution in [0.2, 0.25) is 0 Å². The lowest BCUT2D eigenvalue weighted by Gasteiger charge is -2.12. The average molecular weight is 463 g/mol. The molecular formula is C23H18N4O3S2. The highest BCUT2D eigenvalue weighted by molar-refractivity contribution is 7.98. The van der Waals surface area contributed by atoms with Crippen LogP contribution in [-0.2, 0) is 5.75 Å². The maximum atomic E-state index is 13.2. The molecule has 0 N–H and O–H groups in total. The summed E-state index contributed by atoms with van der Waals surface area (Å²) in [5.74, 6) is 2.11. The van der Waals surface area contributed by atoms with E-state index >= 15 is 0 Å². The molecule has 160 valence electrons. The number of rotatable bonds is 6. The lowest BCUT2D eigenvalue weighted by atomic mass is 10.1. The zero-order valence-electron chi connectivity index (χ0n) is 17.3. The van der Waals surface area contributed by atoms with E-state index in [1.807, 2.05) is 66.9 Å². The normalized spacial score (nSPS) is 11.2. The Hall–Kier alpha value is -3.43. The van der Waals surface area contributed by atoms with Crippen LogP contribution in [0.3, 0.4) is 0 Å². The summed E-state index contributed by atoms with van der Waals surface area (Å²) in [6.45, 7) is 2.02. The second-order valence-electron chi connectivity index (χ2n) is 7.04. The molecule has 0 bridgehead atoms. The van der Waals surface area contributed by atoms with E-state index in [1.165, 1.54) is 23.1 Å². The Bertz CT molecular complexity index is 1450. The Morgan fingerprint density at radius 2 is 1.97 bits per heavy atom. The van der Waals surface area contributed by atoms with Crippen molar-refractivity contribution in [3.63, 3.8) is 0 Å². The van der Waals surface area contributed by atoms with Gasteiger partial charge in [0.05, 0.1) is 24.1 Å². The van der Waals surface area contributed by atoms with Gasteiger partial charge < -0.3 is 9.26 Å². The maximum absolute atomic E-state index is 13.2. The summed E-state index contributed by atoms with van der Waals surface area (Å²) in [6, 6.07) is 17.1. The van der Waals surface area contributed by atoms with Crippen LogP contribution in [0.5, 0.6) is 5.75 Å². The number of thiophene rings is 1. The topological polar surface area (TPSA) is 83.0 Å². The Kier molecular flexibility index (Phi) is 5.50. The number of hydrogen-bond donors (Lipinski definition) is 0. The molecule has 0 spiro atoms. The van der Waals surface area contributed by atoms with E-state index in [9.17, 15) is 4.79 Å². The summed E-state index contributed by atoms with van der Waals surface area (Å²) in [7, 11) is 1.61. The third-order valence-electron chi connectivity index (χ3n) is 4.85. The van der Waals surface area contributed by atoms with Crippen LogP contribution in [-0.4, -0.2) is 26.8 Å². The van der Waals surface area contributed by atoms with Gasteiger partial charge >= 0.3 is 0 Å². The van der Waals surface area contributed by atoms with Crippen molar-refractivity contribution in [2.75, 3.05) is 7.11 Å². The van der Waals surface area contributed by atoms with Crippen LogP contribution >= 0.6 is 23.1 Å². The number of benzene rings is 2. The summed E-state index contributed by atoms with van der Waals surface area (Å²) < 4.78 is 12.9. The van der Waals surface area contributed by atoms with E-state index in [4.69, 9.17) is 14.2 Å². The first-order chi connectivity index (χ1) is 15.6. The molecule has 0 fully saturated rings. The number of nitrogens with zero attached hydrogens (tertiary/aromatic N) is 4. The van der Waals surface area contributed by atoms with Crippen molar-refractivity contribution in [2.45, 2.75) is 17.8 Å². The molecule has 0 amide bonds. The second kappa shape index (κ2) is 8.60. The summed E-state index contributed by atoms with van der Waals surface area (Å²) in [5, 5.41) is 6.53. The highest BCUT2D eigenvalue weighted by Crippen LogP contribution is 2.27. The van der Waals surface area contributed by atoms with Crippen LogP contribution in [0.4, 0.5) is 0 Å². The fourth-order valence-corrected chi connectivity index (χ4v) is 4.90. The average Bonchev–Trinajstić information content (AvgIpc) is 3.48. The fraction of sp³-hybridized carbons (Fsp3) is 0.130. The van der Waals surface area contributed by atoms with E-state index in [-0.39, 0.29) is 5.56 Å². The van der Waals surface area contributed by atoms with E-state index in [0.717, 1.165) is 16.9 Å². The van der Waals surface area contributed by atoms with Crippen LogP contribution in [0, 0.1) is 6.92 Å². The maximum Gasteiger partial charge on any atom is 0.276 e. The molecule has 0 atom stereocenters. The first kappa shape index (κ1) is 20.5. The van der Waals surface area contributed by atoms with Crippen LogP contribution in [0.1, 0.15) is 11.5 Å². The molecule has 0 radical (unpaired) electrons. The molecule has 3 heterocycles. The highest BCUT2D eigenvalue weighted by atomic mass is 32.2. The Labute approximate surface area is 191 Å². The number of aromatic nitrogens is 4. The van der Waals surface area contributed by atoms with E-state index in [1.54, 1.807) is 11.7 Å². The SMILES string of the molecule is COc1ccc(-n2c(SCc3nc(-c4cccc(C)c4)no3)nc3ccsc3c2=O)cc1. The molecule has 0 saturated heterocycles. The van der Waals surface area contributed by atoms with Gasteiger partial charge in [0, 0.05) is 5.56 Å². The number of aryl methyl sites for hydroxylation is 1. The van der Waals surface area contributed by atoms with Crippen molar-refractivity contribution in [3.8, 4) is 22.8 Å². The Morgan fingerprint density at radius 3 is 2.75 bits per heavy atom. The molecule has 0 aliphatic carbocycles. The highest BCUT2D eigenvalue weighted by Gasteiger charge is 2.16. The number of thioether (sulfide) groups is 1. The number of fused-ring (bicyclic) bond motifs is 1. The smallest absolute Gasteiger partial charge is 0.276 e. The van der Waals surface area contributed by atoms with Crippen LogP contribution in [0.25, 0.3) is 27.3 Å². The first-order valence-corrected chi connectivity index (χ1v) is 11.7. The molecule has 2 aromatic carbocycles. The molecule has 9 heteroatoms. The summed E-state index contributed by atoms with van der Waals surface area (Å²) in [4.78, 5) is 22.5. The third kappa shape index (κ3) is 3.92. The molecule has 0 unspecified atom stereocenters. The van der Waals surface area contributed by atoms with Crippen molar-refractivity contribution in [3.05, 3.63) is 81.8 Å². The molecule has 32 heavy (non-hydrogen) atoms. The first-order valence-electron chi connectivity index (χ1n) is 9.79. The lowest BCUT2D eigenvalue weighted by Crippen LogP contribution is -2.20. The van der Waals surface area contributed by atoms with Gasteiger partial charge in [-0.1, -0.05) is 40.7 Å². The molecule has 3 aromatic heterocycles. The standard InChI is InChI=1S/C23H18N4O3S2/c1-14-4-3-5-15(12-14)21-25-19(30-26-21)13-32-23-24-18-10-11-31-20(18)22(28)27(23)16-6-8-17(29-2)9-7-16/h3-12H,13H2,1-2H3. The van der Waals surface area contributed by atoms with Gasteiger partial charge in [-0.15, -0.1) is 11.3 Å². The van der Waals surface area contributed by atoms with Gasteiger partial charge in [0.25, 0.3) is 5.56 Å². The quantitative estimate of drug-likeness (QED) is 0.256. The Morgan fingerprint density at radius 1 is 1.12 bits per heavy atom. The van der Waals surface area contributed by atoms with Gasteiger partial charge in [0.2, 0.25) is 11.7 Å². The number of hydrogen-bond acceptors (Lipinski definition) is 8. The monoisotopic (exact) mass is 462 g/mol. The lowest BCUT2D eigenvalue weighted by molar-refractivity contribution is 0.391. The van der Waals surface area contributed by atoms with Crippen molar-refractivity contribution < 1.29 is 9.26 Å². The van der Waals surface area contributed by atoms with Crippen molar-refractivity contribution in [2.24, 2.45) is 0 Å². The molecule has 0 saturated carbocycles. The van der Waals surface area contributed by atoms with Crippen molar-refractivity contribution in [1.82, 2.24) is 19.7 Å². The van der Waals surface area contributed by atoms with Gasteiger partial charge in [-0.05, 0) is 48.7 Å². The van der Waals surface area contributed by atoms with E-state index < -0.39 is 0 Å². The summed E-state index contributed by atoms with van der Waals surface area (Å²) in [5.41, 5.74) is 3.31. The van der Waals surface area contributed by atoms with Crippen LogP contribution < -0.4 is 10.3 Å². The minimum atomic E-state index is -0.108. The van der Waals surface area contributed by atoms with Crippen LogP contribution in [0.15, 0.2) is 74.5 Å². The second-order valence-corrected chi connectivity index (χ2v) is 8.90. The molecule has 0 aliphatic rings. The molecule has 7 nitrogen and oxygen atoms in total. The van der Waals surface area contributed by atoms with E-state index in [0.29, 0.717) is 38.5 Å². The van der Waals surface area contributed by atoms with Crippen molar-refractivity contribution >= 4 is 33.3 Å². The molecule has 5 aromatic rings. The predicted octanol–water partition coefficient (Wildman–Crippen LogP) is 5.11. The predicted molar refractivity (Wildman–Crippen MR) is 126 cm³/mol. The summed E-state index contributed by atoms with van der Waals surface area (Å²) >= 11 is 2.76. The number of ether oxygens (including phenoxy) is 1. The molecule has 0 aliphatic heterocycles. The largest absolute Gasteiger partial charge is 0.497 e. The summed E-state index contributed by atoms with van der Waals surface area (Å²) in [6.07, 6.45) is 0. The van der Waals surface area contributed by atoms with Gasteiger partial charge in [-0.25, -0.2) is 4.98 Å². The Balaban J connectivity index is 1.48. The van der Waals surface area contributed by atoms with Crippen molar-refractivity contribution in [1.29, 1.82) is 0 Å². The molecular weight excluding hydrogens is 444 g/mol. The zero-order chi connectivity index (χ0) is 22.1. The zero-order valence-corrected chi connectivity index (χ0v) is 18.9. The van der Waals surface area contributed by atoms with Gasteiger partial charge in [0.15, 0.2) is 5.16 Å². The van der Waals surface area contributed by atoms with E-state index in [2.05, 4.69) is 10.1 Å². The van der Waals surface area contributed by atoms with Gasteiger partial charge in [-0.2, -0.15) is 4.98 Å². The minimum absolute atomic E-state index is 0.108. The number of methoxy groups -OCH3 is 1. The van der Waals surface area contributed by atoms with Gasteiger partial charge in [0.1, 0.15) is 10.4 Å². The molecule has 5 rings (SSSR count). The minimum Gasteiger partial charge on any atom is -0.497 e.